The van der Waals surface area contributed by atoms with Crippen molar-refractivity contribution in [3.63, 3.8) is 0 Å². The Morgan fingerprint density at radius 3 is 2.22 bits per heavy atom. The molecular formula is C22H24N2O7S. The van der Waals surface area contributed by atoms with Crippen molar-refractivity contribution in [1.82, 2.24) is 5.32 Å². The maximum atomic E-state index is 13.2. The van der Waals surface area contributed by atoms with Crippen molar-refractivity contribution in [2.45, 2.75) is 36.6 Å². The molecule has 2 aromatic carbocycles. The molecule has 2 aromatic rings. The molecule has 0 aromatic heterocycles. The summed E-state index contributed by atoms with van der Waals surface area (Å²) < 4.78 is 38.1. The zero-order chi connectivity index (χ0) is 23.3. The molecule has 0 saturated heterocycles. The fraction of sp³-hybridized carbons (Fsp3) is 0.318. The van der Waals surface area contributed by atoms with Gasteiger partial charge in [0.15, 0.2) is 0 Å². The van der Waals surface area contributed by atoms with Crippen molar-refractivity contribution >= 4 is 33.6 Å². The van der Waals surface area contributed by atoms with Crippen LogP contribution in [0.4, 0.5) is 5.69 Å². The molecule has 0 aliphatic heterocycles. The lowest BCUT2D eigenvalue weighted by Gasteiger charge is -2.16. The average Bonchev–Trinajstić information content (AvgIpc) is 3.30. The summed E-state index contributed by atoms with van der Waals surface area (Å²) in [5, 5.41) is 2.92. The van der Waals surface area contributed by atoms with Gasteiger partial charge in [0.25, 0.3) is 15.9 Å². The van der Waals surface area contributed by atoms with Gasteiger partial charge in [0.05, 0.1) is 36.6 Å². The Balaban J connectivity index is 1.98. The molecule has 3 rings (SSSR count). The lowest BCUT2D eigenvalue weighted by Crippen LogP contribution is -2.33. The zero-order valence-electron chi connectivity index (χ0n) is 17.7. The van der Waals surface area contributed by atoms with E-state index < -0.39 is 32.8 Å². The highest BCUT2D eigenvalue weighted by molar-refractivity contribution is 7.92. The molecule has 170 valence electrons. The molecule has 1 amide bonds. The van der Waals surface area contributed by atoms with Gasteiger partial charge in [-0.25, -0.2) is 18.0 Å². The predicted molar refractivity (Wildman–Crippen MR) is 116 cm³/mol. The zero-order valence-corrected chi connectivity index (χ0v) is 18.5. The molecule has 2 N–H and O–H groups in total. The summed E-state index contributed by atoms with van der Waals surface area (Å²) in [4.78, 5) is 36.4. The number of nitrogens with one attached hydrogen (secondary N) is 2. The van der Waals surface area contributed by atoms with E-state index in [0.29, 0.717) is 0 Å². The lowest BCUT2D eigenvalue weighted by molar-refractivity contribution is 0.0583. The third-order valence-corrected chi connectivity index (χ3v) is 6.61. The van der Waals surface area contributed by atoms with E-state index in [0.717, 1.165) is 46.0 Å². The van der Waals surface area contributed by atoms with E-state index in [-0.39, 0.29) is 28.4 Å². The van der Waals surface area contributed by atoms with Crippen molar-refractivity contribution in [1.29, 1.82) is 0 Å². The van der Waals surface area contributed by atoms with E-state index in [1.807, 2.05) is 0 Å². The number of methoxy groups -OCH3 is 2. The monoisotopic (exact) mass is 460 g/mol. The minimum Gasteiger partial charge on any atom is -0.465 e. The summed E-state index contributed by atoms with van der Waals surface area (Å²) >= 11 is 0. The smallest absolute Gasteiger partial charge is 0.339 e. The number of hydrogen-bond donors (Lipinski definition) is 2. The topological polar surface area (TPSA) is 128 Å². The van der Waals surface area contributed by atoms with E-state index in [1.54, 1.807) is 12.1 Å². The van der Waals surface area contributed by atoms with Crippen LogP contribution in [0.2, 0.25) is 0 Å². The van der Waals surface area contributed by atoms with Crippen LogP contribution in [0.3, 0.4) is 0 Å². The molecule has 0 spiro atoms. The Kier molecular flexibility index (Phi) is 7.14. The third kappa shape index (κ3) is 5.08. The first kappa shape index (κ1) is 23.3. The van der Waals surface area contributed by atoms with E-state index in [1.165, 1.54) is 24.3 Å². The van der Waals surface area contributed by atoms with Gasteiger partial charge >= 0.3 is 11.9 Å². The van der Waals surface area contributed by atoms with E-state index in [9.17, 15) is 22.8 Å². The van der Waals surface area contributed by atoms with Gasteiger partial charge in [-0.1, -0.05) is 25.0 Å². The normalized spacial score (nSPS) is 13.9. The van der Waals surface area contributed by atoms with Crippen LogP contribution in [0.5, 0.6) is 0 Å². The maximum Gasteiger partial charge on any atom is 0.339 e. The maximum absolute atomic E-state index is 13.2. The molecule has 1 saturated carbocycles. The fourth-order valence-corrected chi connectivity index (χ4v) is 4.87. The second-order valence-electron chi connectivity index (χ2n) is 7.30. The van der Waals surface area contributed by atoms with Crippen LogP contribution in [0.15, 0.2) is 47.4 Å². The molecule has 0 heterocycles. The number of sulfonamides is 1. The Labute approximate surface area is 186 Å². The van der Waals surface area contributed by atoms with Gasteiger partial charge in [0, 0.05) is 6.04 Å². The Hall–Kier alpha value is -3.40. The summed E-state index contributed by atoms with van der Waals surface area (Å²) in [6, 6.07) is 9.68. The highest BCUT2D eigenvalue weighted by Crippen LogP contribution is 2.25. The molecular weight excluding hydrogens is 436 g/mol. The number of esters is 2. The molecule has 0 unspecified atom stereocenters. The number of carbonyl (C=O) groups is 3. The molecule has 1 aliphatic carbocycles. The number of anilines is 1. The standard InChI is InChI=1S/C22H24N2O7S/c1-30-21(26)14-11-12-17(22(27)31-2)19(13-14)32(28,29)24-18-10-6-5-9-16(18)20(25)23-15-7-3-4-8-15/h5-6,9-13,15,24H,3-4,7-8H2,1-2H3,(H,23,25). The van der Waals surface area contributed by atoms with Gasteiger partial charge in [-0.15, -0.1) is 0 Å². The quantitative estimate of drug-likeness (QED) is 0.608. The molecule has 1 fully saturated rings. The minimum atomic E-state index is -4.39. The van der Waals surface area contributed by atoms with Crippen LogP contribution in [0.1, 0.15) is 56.8 Å². The van der Waals surface area contributed by atoms with Crippen LogP contribution in [0.25, 0.3) is 0 Å². The first-order chi connectivity index (χ1) is 15.3. The van der Waals surface area contributed by atoms with Crippen LogP contribution >= 0.6 is 0 Å². The molecule has 10 heteroatoms. The Bertz CT molecular complexity index is 1140. The molecule has 9 nitrogen and oxygen atoms in total. The molecule has 0 bridgehead atoms. The molecule has 32 heavy (non-hydrogen) atoms. The number of para-hydroxylation sites is 1. The SMILES string of the molecule is COC(=O)c1ccc(C(=O)OC)c(S(=O)(=O)Nc2ccccc2C(=O)NC2CCCC2)c1. The fourth-order valence-electron chi connectivity index (χ4n) is 3.57. The minimum absolute atomic E-state index is 0.0438. The molecule has 1 aliphatic rings. The summed E-state index contributed by atoms with van der Waals surface area (Å²) in [5.74, 6) is -2.06. The second-order valence-corrected chi connectivity index (χ2v) is 8.95. The second kappa shape index (κ2) is 9.82. The van der Waals surface area contributed by atoms with E-state index in [2.05, 4.69) is 19.5 Å². The van der Waals surface area contributed by atoms with Crippen molar-refractivity contribution in [2.24, 2.45) is 0 Å². The number of rotatable bonds is 7. The number of hydrogen-bond acceptors (Lipinski definition) is 7. The van der Waals surface area contributed by atoms with Crippen molar-refractivity contribution in [2.75, 3.05) is 18.9 Å². The number of ether oxygens (including phenoxy) is 2. The lowest BCUT2D eigenvalue weighted by atomic mass is 10.1. The summed E-state index contributed by atoms with van der Waals surface area (Å²) in [5.41, 5.74) is -0.137. The Morgan fingerprint density at radius 1 is 0.906 bits per heavy atom. The Morgan fingerprint density at radius 2 is 1.56 bits per heavy atom. The van der Waals surface area contributed by atoms with Gasteiger partial charge in [0.1, 0.15) is 4.90 Å². The van der Waals surface area contributed by atoms with Crippen molar-refractivity contribution in [3.8, 4) is 0 Å². The van der Waals surface area contributed by atoms with Crippen LogP contribution < -0.4 is 10.0 Å². The summed E-state index contributed by atoms with van der Waals surface area (Å²) in [6.45, 7) is 0. The first-order valence-electron chi connectivity index (χ1n) is 10.00. The average molecular weight is 461 g/mol. The largest absolute Gasteiger partial charge is 0.465 e. The van der Waals surface area contributed by atoms with Gasteiger partial charge in [-0.3, -0.25) is 9.52 Å². The predicted octanol–water partition coefficient (Wildman–Crippen LogP) is 2.73. The van der Waals surface area contributed by atoms with Crippen LogP contribution in [-0.2, 0) is 19.5 Å². The van der Waals surface area contributed by atoms with Crippen molar-refractivity contribution in [3.05, 3.63) is 59.2 Å². The van der Waals surface area contributed by atoms with Gasteiger partial charge < -0.3 is 14.8 Å². The number of carbonyl (C=O) groups excluding carboxylic acids is 3. The van der Waals surface area contributed by atoms with Gasteiger partial charge in [-0.2, -0.15) is 0 Å². The highest BCUT2D eigenvalue weighted by atomic mass is 32.2. The van der Waals surface area contributed by atoms with Crippen LogP contribution in [-0.4, -0.2) is 46.5 Å². The van der Waals surface area contributed by atoms with Gasteiger partial charge in [-0.05, 0) is 43.2 Å². The number of benzene rings is 2. The van der Waals surface area contributed by atoms with E-state index in [4.69, 9.17) is 0 Å². The molecule has 0 radical (unpaired) electrons. The summed E-state index contributed by atoms with van der Waals surface area (Å²) in [7, 11) is -2.12. The highest BCUT2D eigenvalue weighted by Gasteiger charge is 2.27. The van der Waals surface area contributed by atoms with Crippen molar-refractivity contribution < 1.29 is 32.3 Å². The third-order valence-electron chi connectivity index (χ3n) is 5.20. The van der Waals surface area contributed by atoms with Crippen LogP contribution in [0, 0.1) is 0 Å². The molecule has 0 atom stereocenters. The van der Waals surface area contributed by atoms with E-state index >= 15 is 0 Å². The summed E-state index contributed by atoms with van der Waals surface area (Å²) in [6.07, 6.45) is 3.82. The van der Waals surface area contributed by atoms with Gasteiger partial charge in [0.2, 0.25) is 0 Å². The number of amides is 1. The first-order valence-corrected chi connectivity index (χ1v) is 11.5.